The molecule has 3 rings (SSSR count). The summed E-state index contributed by atoms with van der Waals surface area (Å²) in [5.41, 5.74) is 8.06. The minimum absolute atomic E-state index is 0.146. The van der Waals surface area contributed by atoms with E-state index in [9.17, 15) is 4.79 Å². The first-order chi connectivity index (χ1) is 6.68. The molecule has 1 aromatic heterocycles. The first-order valence-electron chi connectivity index (χ1n) is 5.11. The summed E-state index contributed by atoms with van der Waals surface area (Å²) in [4.78, 5) is 12.9. The molecular weight excluding hydrogens is 194 g/mol. The molecule has 0 spiro atoms. The third kappa shape index (κ3) is 0.883. The average Bonchev–Trinajstić information content (AvgIpc) is 2.70. The number of anilines is 1. The molecule has 1 fully saturated rings. The maximum absolute atomic E-state index is 11.5. The zero-order valence-corrected chi connectivity index (χ0v) is 8.99. The molecule has 14 heavy (non-hydrogen) atoms. The highest BCUT2D eigenvalue weighted by Crippen LogP contribution is 2.58. The van der Waals surface area contributed by atoms with Crippen LogP contribution >= 0.6 is 11.3 Å². The zero-order chi connectivity index (χ0) is 9.87. The van der Waals surface area contributed by atoms with E-state index < -0.39 is 0 Å². The van der Waals surface area contributed by atoms with Gasteiger partial charge in [0.1, 0.15) is 0 Å². The molecule has 2 unspecified atom stereocenters. The fourth-order valence-electron chi connectivity index (χ4n) is 3.03. The standard InChI is InChI=1S/C11H13NOS/c1-5(13)8-9-6-2-3-7(4-6)10(9)14-11(8)12/h6-7H,2-4,12H2,1H3. The van der Waals surface area contributed by atoms with Crippen molar-refractivity contribution in [3.8, 4) is 0 Å². The van der Waals surface area contributed by atoms with Gasteiger partial charge in [0, 0.05) is 4.88 Å². The van der Waals surface area contributed by atoms with Crippen LogP contribution in [-0.2, 0) is 0 Å². The predicted molar refractivity (Wildman–Crippen MR) is 58.1 cm³/mol. The van der Waals surface area contributed by atoms with Crippen LogP contribution in [0.4, 0.5) is 5.00 Å². The summed E-state index contributed by atoms with van der Waals surface area (Å²) < 4.78 is 0. The molecule has 2 N–H and O–H groups in total. The smallest absolute Gasteiger partial charge is 0.163 e. The van der Waals surface area contributed by atoms with Gasteiger partial charge in [-0.1, -0.05) is 0 Å². The number of Topliss-reactive ketones (excluding diaryl/α,β-unsaturated/α-hetero) is 1. The molecule has 2 atom stereocenters. The number of carbonyl (C=O) groups is 1. The highest BCUT2D eigenvalue weighted by molar-refractivity contribution is 7.16. The molecule has 0 amide bonds. The number of hydrogen-bond donors (Lipinski definition) is 1. The Balaban J connectivity index is 2.24. The van der Waals surface area contributed by atoms with Crippen molar-refractivity contribution in [2.45, 2.75) is 38.0 Å². The number of hydrogen-bond acceptors (Lipinski definition) is 3. The Morgan fingerprint density at radius 2 is 2.14 bits per heavy atom. The van der Waals surface area contributed by atoms with Crippen molar-refractivity contribution >= 4 is 22.1 Å². The second kappa shape index (κ2) is 2.60. The van der Waals surface area contributed by atoms with Crippen molar-refractivity contribution < 1.29 is 4.79 Å². The Kier molecular flexibility index (Phi) is 1.57. The summed E-state index contributed by atoms with van der Waals surface area (Å²) in [6.07, 6.45) is 3.82. The molecule has 3 heteroatoms. The van der Waals surface area contributed by atoms with Crippen LogP contribution in [0.5, 0.6) is 0 Å². The second-order valence-corrected chi connectivity index (χ2v) is 5.47. The number of rotatable bonds is 1. The number of nitrogen functional groups attached to an aromatic ring is 1. The number of thiophene rings is 1. The highest BCUT2D eigenvalue weighted by atomic mass is 32.1. The molecule has 0 aliphatic heterocycles. The zero-order valence-electron chi connectivity index (χ0n) is 8.17. The van der Waals surface area contributed by atoms with Crippen LogP contribution < -0.4 is 5.73 Å². The molecule has 2 aliphatic rings. The largest absolute Gasteiger partial charge is 0.390 e. The normalized spacial score (nSPS) is 28.1. The minimum atomic E-state index is 0.146. The van der Waals surface area contributed by atoms with Gasteiger partial charge in [-0.2, -0.15) is 0 Å². The van der Waals surface area contributed by atoms with Crippen LogP contribution in [0.1, 0.15) is 58.8 Å². The molecule has 74 valence electrons. The predicted octanol–water partition coefficient (Wildman–Crippen LogP) is 2.90. The lowest BCUT2D eigenvalue weighted by Gasteiger charge is -2.10. The van der Waals surface area contributed by atoms with Crippen molar-refractivity contribution in [1.29, 1.82) is 0 Å². The lowest BCUT2D eigenvalue weighted by atomic mass is 9.93. The third-order valence-electron chi connectivity index (χ3n) is 3.56. The van der Waals surface area contributed by atoms with Gasteiger partial charge in [-0.3, -0.25) is 4.79 Å². The van der Waals surface area contributed by atoms with E-state index in [1.54, 1.807) is 18.3 Å². The van der Waals surface area contributed by atoms with Crippen molar-refractivity contribution in [2.75, 3.05) is 5.73 Å². The summed E-state index contributed by atoms with van der Waals surface area (Å²) in [5, 5.41) is 0.749. The van der Waals surface area contributed by atoms with Gasteiger partial charge in [-0.25, -0.2) is 0 Å². The van der Waals surface area contributed by atoms with E-state index >= 15 is 0 Å². The number of fused-ring (bicyclic) bond motifs is 5. The van der Waals surface area contributed by atoms with Gasteiger partial charge in [-0.05, 0) is 43.6 Å². The van der Waals surface area contributed by atoms with E-state index in [-0.39, 0.29) is 5.78 Å². The summed E-state index contributed by atoms with van der Waals surface area (Å²) in [6.45, 7) is 1.63. The van der Waals surface area contributed by atoms with E-state index in [1.807, 2.05) is 0 Å². The minimum Gasteiger partial charge on any atom is -0.390 e. The molecule has 2 aliphatic carbocycles. The summed E-state index contributed by atoms with van der Waals surface area (Å²) in [7, 11) is 0. The van der Waals surface area contributed by atoms with Gasteiger partial charge in [0.05, 0.1) is 10.6 Å². The third-order valence-corrected chi connectivity index (χ3v) is 4.76. The average molecular weight is 207 g/mol. The van der Waals surface area contributed by atoms with Gasteiger partial charge in [0.25, 0.3) is 0 Å². The fourth-order valence-corrected chi connectivity index (χ4v) is 4.39. The molecule has 1 aromatic rings. The quantitative estimate of drug-likeness (QED) is 0.719. The van der Waals surface area contributed by atoms with Crippen LogP contribution in [0.3, 0.4) is 0 Å². The maximum Gasteiger partial charge on any atom is 0.163 e. The molecule has 1 saturated carbocycles. The first-order valence-corrected chi connectivity index (χ1v) is 5.93. The van der Waals surface area contributed by atoms with Crippen molar-refractivity contribution in [2.24, 2.45) is 0 Å². The molecule has 0 saturated heterocycles. The Labute approximate surface area is 87.1 Å². The Morgan fingerprint density at radius 3 is 2.86 bits per heavy atom. The SMILES string of the molecule is CC(=O)c1c(N)sc2c1C1CCC2C1. The second-order valence-electron chi connectivity index (χ2n) is 4.38. The topological polar surface area (TPSA) is 43.1 Å². The van der Waals surface area contributed by atoms with Gasteiger partial charge in [0.15, 0.2) is 5.78 Å². The van der Waals surface area contributed by atoms with Crippen LogP contribution in [0.2, 0.25) is 0 Å². The highest BCUT2D eigenvalue weighted by Gasteiger charge is 2.41. The van der Waals surface area contributed by atoms with Crippen molar-refractivity contribution in [1.82, 2.24) is 0 Å². The van der Waals surface area contributed by atoms with E-state index in [2.05, 4.69) is 0 Å². The van der Waals surface area contributed by atoms with Gasteiger partial charge in [-0.15, -0.1) is 11.3 Å². The molecule has 0 radical (unpaired) electrons. The number of nitrogens with two attached hydrogens (primary N) is 1. The molecular formula is C11H13NOS. The fraction of sp³-hybridized carbons (Fsp3) is 0.545. The molecule has 2 bridgehead atoms. The number of carbonyl (C=O) groups excluding carboxylic acids is 1. The van der Waals surface area contributed by atoms with Gasteiger partial charge >= 0.3 is 0 Å². The lowest BCUT2D eigenvalue weighted by Crippen LogP contribution is -2.02. The Hall–Kier alpha value is -0.830. The van der Waals surface area contributed by atoms with Crippen LogP contribution in [0.25, 0.3) is 0 Å². The van der Waals surface area contributed by atoms with E-state index in [4.69, 9.17) is 5.73 Å². The summed E-state index contributed by atoms with van der Waals surface area (Å²) in [6, 6.07) is 0. The Morgan fingerprint density at radius 1 is 1.43 bits per heavy atom. The monoisotopic (exact) mass is 207 g/mol. The molecule has 0 aromatic carbocycles. The molecule has 1 heterocycles. The van der Waals surface area contributed by atoms with Crippen LogP contribution in [-0.4, -0.2) is 5.78 Å². The summed E-state index contributed by atoms with van der Waals surface area (Å²) in [5.74, 6) is 1.50. The van der Waals surface area contributed by atoms with Gasteiger partial charge in [0.2, 0.25) is 0 Å². The van der Waals surface area contributed by atoms with Crippen LogP contribution in [0, 0.1) is 0 Å². The van der Waals surface area contributed by atoms with Crippen molar-refractivity contribution in [3.63, 3.8) is 0 Å². The lowest BCUT2D eigenvalue weighted by molar-refractivity contribution is 0.101. The Bertz CT molecular complexity index is 421. The first kappa shape index (κ1) is 8.48. The number of ketones is 1. The van der Waals surface area contributed by atoms with E-state index in [0.29, 0.717) is 5.92 Å². The van der Waals surface area contributed by atoms with Gasteiger partial charge < -0.3 is 5.73 Å². The molecule has 2 nitrogen and oxygen atoms in total. The summed E-state index contributed by atoms with van der Waals surface area (Å²) >= 11 is 1.65. The van der Waals surface area contributed by atoms with E-state index in [0.717, 1.165) is 16.5 Å². The van der Waals surface area contributed by atoms with E-state index in [1.165, 1.54) is 29.7 Å². The van der Waals surface area contributed by atoms with Crippen LogP contribution in [0.15, 0.2) is 0 Å². The maximum atomic E-state index is 11.5. The van der Waals surface area contributed by atoms with Crippen molar-refractivity contribution in [3.05, 3.63) is 16.0 Å².